The quantitative estimate of drug-likeness (QED) is 0.629. The number of urea groups is 1. The summed E-state index contributed by atoms with van der Waals surface area (Å²) in [6, 6.07) is 15.7. The predicted octanol–water partition coefficient (Wildman–Crippen LogP) is 5.33. The first-order valence-corrected chi connectivity index (χ1v) is 9.37. The number of rotatable bonds is 3. The minimum absolute atomic E-state index is 0.224. The zero-order valence-electron chi connectivity index (χ0n) is 14.9. The Balaban J connectivity index is 1.62. The fraction of sp³-hybridized carbons (Fsp3) is 0.150. The van der Waals surface area contributed by atoms with E-state index >= 15 is 0 Å². The molecule has 4 rings (SSSR count). The van der Waals surface area contributed by atoms with E-state index in [9.17, 15) is 4.79 Å². The molecule has 1 aliphatic heterocycles. The molecule has 1 atom stereocenters. The van der Waals surface area contributed by atoms with Crippen molar-refractivity contribution in [1.82, 2.24) is 10.2 Å². The maximum atomic E-state index is 12.7. The number of nitrogens with zero attached hydrogens (tertiary/aromatic N) is 3. The van der Waals surface area contributed by atoms with Gasteiger partial charge in [-0.1, -0.05) is 40.5 Å². The van der Waals surface area contributed by atoms with Crippen molar-refractivity contribution in [2.45, 2.75) is 12.8 Å². The molecular formula is C20H16Cl2N4O2. The number of amides is 2. The normalized spacial score (nSPS) is 16.2. The average molecular weight is 415 g/mol. The maximum absolute atomic E-state index is 12.7. The minimum atomic E-state index is -0.340. The summed E-state index contributed by atoms with van der Waals surface area (Å²) >= 11 is 11.9. The van der Waals surface area contributed by atoms with Crippen molar-refractivity contribution in [2.75, 3.05) is 11.9 Å². The van der Waals surface area contributed by atoms with E-state index in [-0.39, 0.29) is 11.9 Å². The smallest absolute Gasteiger partial charge is 0.342 e. The van der Waals surface area contributed by atoms with Crippen LogP contribution in [0.4, 0.5) is 10.5 Å². The van der Waals surface area contributed by atoms with Gasteiger partial charge in [-0.25, -0.2) is 9.80 Å². The number of hydrogen-bond donors (Lipinski definition) is 1. The van der Waals surface area contributed by atoms with Gasteiger partial charge in [0.25, 0.3) is 0 Å². The second kappa shape index (κ2) is 7.66. The summed E-state index contributed by atoms with van der Waals surface area (Å²) in [4.78, 5) is 12.7. The fourth-order valence-electron chi connectivity index (χ4n) is 3.00. The molecule has 0 fully saturated rings. The van der Waals surface area contributed by atoms with Gasteiger partial charge in [-0.3, -0.25) is 0 Å². The van der Waals surface area contributed by atoms with Gasteiger partial charge in [0.2, 0.25) is 0 Å². The Labute approximate surface area is 171 Å². The fourth-order valence-corrected chi connectivity index (χ4v) is 3.25. The summed E-state index contributed by atoms with van der Waals surface area (Å²) in [7, 11) is 0. The summed E-state index contributed by atoms with van der Waals surface area (Å²) in [6.45, 7) is 2.19. The Hall–Kier alpha value is -2.83. The van der Waals surface area contributed by atoms with Crippen molar-refractivity contribution in [3.63, 3.8) is 0 Å². The number of aryl methyl sites for hydroxylation is 1. The van der Waals surface area contributed by atoms with Crippen LogP contribution in [0.2, 0.25) is 10.0 Å². The van der Waals surface area contributed by atoms with Gasteiger partial charge in [0.05, 0.1) is 23.9 Å². The zero-order valence-corrected chi connectivity index (χ0v) is 16.4. The third-order valence-corrected chi connectivity index (χ3v) is 4.88. The van der Waals surface area contributed by atoms with E-state index in [0.29, 0.717) is 28.0 Å². The highest BCUT2D eigenvalue weighted by atomic mass is 35.5. The molecule has 0 saturated heterocycles. The highest BCUT2D eigenvalue weighted by Crippen LogP contribution is 2.30. The summed E-state index contributed by atoms with van der Waals surface area (Å²) in [6.07, 6.45) is 0. The third kappa shape index (κ3) is 3.88. The first-order valence-electron chi connectivity index (χ1n) is 8.61. The van der Waals surface area contributed by atoms with Gasteiger partial charge < -0.3 is 9.84 Å². The summed E-state index contributed by atoms with van der Waals surface area (Å²) < 4.78 is 5.45. The molecule has 2 heterocycles. The lowest BCUT2D eigenvalue weighted by Crippen LogP contribution is -2.30. The van der Waals surface area contributed by atoms with Crippen molar-refractivity contribution in [1.29, 1.82) is 0 Å². The first kappa shape index (κ1) is 18.5. The van der Waals surface area contributed by atoms with Gasteiger partial charge >= 0.3 is 6.03 Å². The molecule has 0 saturated carbocycles. The number of benzene rings is 2. The highest BCUT2D eigenvalue weighted by Gasteiger charge is 2.34. The lowest BCUT2D eigenvalue weighted by atomic mass is 9.95. The second-order valence-electron chi connectivity index (χ2n) is 6.43. The molecule has 0 spiro atoms. The number of aromatic nitrogens is 1. The Morgan fingerprint density at radius 1 is 1.11 bits per heavy atom. The van der Waals surface area contributed by atoms with Crippen LogP contribution >= 0.6 is 23.2 Å². The lowest BCUT2D eigenvalue weighted by Gasteiger charge is -2.14. The Morgan fingerprint density at radius 3 is 2.36 bits per heavy atom. The van der Waals surface area contributed by atoms with E-state index in [1.54, 1.807) is 36.4 Å². The second-order valence-corrected chi connectivity index (χ2v) is 7.31. The van der Waals surface area contributed by atoms with Crippen LogP contribution in [0.25, 0.3) is 0 Å². The molecule has 28 heavy (non-hydrogen) atoms. The molecule has 0 radical (unpaired) electrons. The number of anilines is 1. The van der Waals surface area contributed by atoms with Crippen molar-refractivity contribution in [2.24, 2.45) is 5.10 Å². The lowest BCUT2D eigenvalue weighted by molar-refractivity contribution is 0.216. The van der Waals surface area contributed by atoms with Crippen molar-refractivity contribution >= 4 is 40.6 Å². The van der Waals surface area contributed by atoms with Crippen LogP contribution in [0.3, 0.4) is 0 Å². The van der Waals surface area contributed by atoms with Crippen LogP contribution in [0.1, 0.15) is 22.9 Å². The van der Waals surface area contributed by atoms with Gasteiger partial charge in [-0.2, -0.15) is 5.10 Å². The molecule has 0 bridgehead atoms. The van der Waals surface area contributed by atoms with E-state index in [4.69, 9.17) is 27.7 Å². The van der Waals surface area contributed by atoms with Gasteiger partial charge in [0.1, 0.15) is 5.76 Å². The van der Waals surface area contributed by atoms with Crippen molar-refractivity contribution in [3.05, 3.63) is 81.7 Å². The van der Waals surface area contributed by atoms with Crippen LogP contribution in [0.5, 0.6) is 0 Å². The van der Waals surface area contributed by atoms with Crippen LogP contribution in [0.15, 0.2) is 64.2 Å². The van der Waals surface area contributed by atoms with E-state index in [1.165, 1.54) is 5.01 Å². The SMILES string of the molecule is Cc1cc(C2CN(C(=O)Nc3ccc(Cl)cc3)N=C2c2ccc(Cl)cc2)on1. The first-order chi connectivity index (χ1) is 13.5. The van der Waals surface area contributed by atoms with E-state index in [2.05, 4.69) is 15.6 Å². The highest BCUT2D eigenvalue weighted by molar-refractivity contribution is 6.31. The molecule has 1 aromatic heterocycles. The molecule has 142 valence electrons. The van der Waals surface area contributed by atoms with Crippen molar-refractivity contribution < 1.29 is 9.32 Å². The van der Waals surface area contributed by atoms with Gasteiger partial charge in [-0.15, -0.1) is 0 Å². The predicted molar refractivity (Wildman–Crippen MR) is 109 cm³/mol. The van der Waals surface area contributed by atoms with Gasteiger partial charge in [0, 0.05) is 21.8 Å². The Kier molecular flexibility index (Phi) is 5.07. The average Bonchev–Trinajstić information content (AvgIpc) is 3.31. The van der Waals surface area contributed by atoms with Crippen LogP contribution in [-0.2, 0) is 0 Å². The summed E-state index contributed by atoms with van der Waals surface area (Å²) in [5, 5.41) is 14.0. The molecule has 8 heteroatoms. The van der Waals surface area contributed by atoms with Gasteiger partial charge in [-0.05, 0) is 48.9 Å². The minimum Gasteiger partial charge on any atom is -0.360 e. The van der Waals surface area contributed by atoms with E-state index in [0.717, 1.165) is 17.0 Å². The molecule has 3 aromatic rings. The summed E-state index contributed by atoms with van der Waals surface area (Å²) in [5.74, 6) is 0.436. The van der Waals surface area contributed by atoms with Gasteiger partial charge in [0.15, 0.2) is 0 Å². The van der Waals surface area contributed by atoms with E-state index in [1.807, 2.05) is 25.1 Å². The number of hydrogen-bond acceptors (Lipinski definition) is 4. The molecule has 2 aromatic carbocycles. The number of halogens is 2. The molecule has 1 N–H and O–H groups in total. The number of carbonyl (C=O) groups excluding carboxylic acids is 1. The largest absolute Gasteiger partial charge is 0.360 e. The number of nitrogens with one attached hydrogen (secondary N) is 1. The summed E-state index contributed by atoms with van der Waals surface area (Å²) in [5.41, 5.74) is 3.00. The Morgan fingerprint density at radius 2 is 1.75 bits per heavy atom. The number of hydrazone groups is 1. The number of carbonyl (C=O) groups is 1. The van der Waals surface area contributed by atoms with Crippen LogP contribution < -0.4 is 5.32 Å². The molecule has 2 amide bonds. The monoisotopic (exact) mass is 414 g/mol. The van der Waals surface area contributed by atoms with Crippen LogP contribution in [-0.4, -0.2) is 28.5 Å². The molecule has 6 nitrogen and oxygen atoms in total. The zero-order chi connectivity index (χ0) is 19.7. The molecule has 0 aliphatic carbocycles. The molecule has 1 aliphatic rings. The van der Waals surface area contributed by atoms with Crippen LogP contribution in [0, 0.1) is 6.92 Å². The topological polar surface area (TPSA) is 70.7 Å². The van der Waals surface area contributed by atoms with Crippen molar-refractivity contribution in [3.8, 4) is 0 Å². The standard InChI is InChI=1S/C20H16Cl2N4O2/c1-12-10-18(28-25-12)17-11-26(20(27)23-16-8-6-15(22)7-9-16)24-19(17)13-2-4-14(21)5-3-13/h2-10,17H,11H2,1H3,(H,23,27). The third-order valence-electron chi connectivity index (χ3n) is 4.37. The maximum Gasteiger partial charge on any atom is 0.342 e. The van der Waals surface area contributed by atoms with E-state index < -0.39 is 0 Å². The Bertz CT molecular complexity index is 1030. The molecule has 1 unspecified atom stereocenters. The molecular weight excluding hydrogens is 399 g/mol.